The van der Waals surface area contributed by atoms with Gasteiger partial charge in [-0.1, -0.05) is 19.3 Å². The van der Waals surface area contributed by atoms with Crippen LogP contribution in [0.3, 0.4) is 0 Å². The number of rotatable bonds is 2. The summed E-state index contributed by atoms with van der Waals surface area (Å²) in [5.74, 6) is 0.171. The van der Waals surface area contributed by atoms with Crippen molar-refractivity contribution in [2.45, 2.75) is 36.8 Å². The van der Waals surface area contributed by atoms with Gasteiger partial charge in [-0.25, -0.2) is 4.31 Å². The Morgan fingerprint density at radius 3 is 2.05 bits per heavy atom. The van der Waals surface area contributed by atoms with E-state index in [4.69, 9.17) is 0 Å². The molecule has 0 bridgehead atoms. The molecule has 1 heterocycles. The molecule has 2 fully saturated rings. The minimum absolute atomic E-state index is 0.171. The molecular formula is C14H16F3NOS. The third kappa shape index (κ3) is 5.17. The van der Waals surface area contributed by atoms with Gasteiger partial charge in [-0.3, -0.25) is 4.79 Å². The maximum Gasteiger partial charge on any atom is 0.416 e. The summed E-state index contributed by atoms with van der Waals surface area (Å²) in [6.45, 7) is 1.02. The fraction of sp³-hybridized carbons (Fsp3) is 0.500. The van der Waals surface area contributed by atoms with Crippen molar-refractivity contribution in [3.05, 3.63) is 29.8 Å². The van der Waals surface area contributed by atoms with Crippen molar-refractivity contribution in [1.82, 2.24) is 4.31 Å². The molecule has 1 aliphatic heterocycles. The fourth-order valence-corrected chi connectivity index (χ4v) is 2.48. The van der Waals surface area contributed by atoms with Crippen molar-refractivity contribution in [1.29, 1.82) is 0 Å². The Kier molecular flexibility index (Phi) is 5.10. The van der Waals surface area contributed by atoms with Crippen LogP contribution >= 0.6 is 11.9 Å². The lowest BCUT2D eigenvalue weighted by molar-refractivity contribution is -0.137. The number of nitrogens with zero attached hydrogens (tertiary/aromatic N) is 1. The highest BCUT2D eigenvalue weighted by Gasteiger charge is 2.30. The number of carbonyl (C=O) groups excluding carboxylic acids is 1. The van der Waals surface area contributed by atoms with Gasteiger partial charge >= 0.3 is 6.18 Å². The van der Waals surface area contributed by atoms with E-state index in [0.29, 0.717) is 24.4 Å². The molecule has 0 amide bonds. The van der Waals surface area contributed by atoms with E-state index in [1.165, 1.54) is 43.3 Å². The van der Waals surface area contributed by atoms with E-state index in [-0.39, 0.29) is 5.78 Å². The number of hydrogen-bond acceptors (Lipinski definition) is 3. The van der Waals surface area contributed by atoms with Crippen LogP contribution in [0.2, 0.25) is 0 Å². The van der Waals surface area contributed by atoms with Gasteiger partial charge in [0, 0.05) is 17.9 Å². The molecule has 0 radical (unpaired) electrons. The van der Waals surface area contributed by atoms with Gasteiger partial charge in [0.25, 0.3) is 0 Å². The van der Waals surface area contributed by atoms with Crippen LogP contribution in [-0.4, -0.2) is 23.2 Å². The van der Waals surface area contributed by atoms with Gasteiger partial charge in [-0.05, 0) is 36.2 Å². The zero-order valence-corrected chi connectivity index (χ0v) is 11.8. The second-order valence-electron chi connectivity index (χ2n) is 4.83. The van der Waals surface area contributed by atoms with Gasteiger partial charge in [0.2, 0.25) is 0 Å². The van der Waals surface area contributed by atoms with Crippen LogP contribution in [0.1, 0.15) is 31.2 Å². The Hall–Kier alpha value is -1.01. The smallest absolute Gasteiger partial charge is 0.298 e. The van der Waals surface area contributed by atoms with Crippen LogP contribution in [0.4, 0.5) is 13.2 Å². The number of alkyl halides is 3. The molecule has 1 aromatic rings. The quantitative estimate of drug-likeness (QED) is 0.765. The van der Waals surface area contributed by atoms with Crippen LogP contribution in [0, 0.1) is 0 Å². The first-order valence-corrected chi connectivity index (χ1v) is 7.34. The summed E-state index contributed by atoms with van der Waals surface area (Å²) >= 11 is 1.32. The molecule has 0 unspecified atom stereocenters. The largest absolute Gasteiger partial charge is 0.416 e. The van der Waals surface area contributed by atoms with Gasteiger partial charge in [-0.15, -0.1) is 0 Å². The van der Waals surface area contributed by atoms with Crippen LogP contribution in [-0.2, 0) is 11.0 Å². The second-order valence-corrected chi connectivity index (χ2v) is 6.00. The molecule has 6 heteroatoms. The van der Waals surface area contributed by atoms with Gasteiger partial charge in [0.15, 0.2) is 0 Å². The van der Waals surface area contributed by atoms with E-state index in [1.807, 2.05) is 4.31 Å². The Morgan fingerprint density at radius 2 is 1.65 bits per heavy atom. The number of ketones is 1. The summed E-state index contributed by atoms with van der Waals surface area (Å²) in [6, 6.07) is 4.97. The van der Waals surface area contributed by atoms with Crippen molar-refractivity contribution in [2.24, 2.45) is 0 Å². The maximum atomic E-state index is 12.3. The normalized spacial score (nSPS) is 18.6. The highest BCUT2D eigenvalue weighted by atomic mass is 32.2. The number of hydrogen-bond donors (Lipinski definition) is 0. The third-order valence-corrected chi connectivity index (χ3v) is 3.82. The zero-order valence-electron chi connectivity index (χ0n) is 10.9. The standard InChI is InChI=1S/C11H10F3NOS.C3H6/c12-11(13,14)8-1-3-10(4-2-8)17-15-6-5-9(16)7-15;1-2-3-1/h1-4H,5-7H2;1-3H2. The lowest BCUT2D eigenvalue weighted by atomic mass is 10.2. The SMILES string of the molecule is C1CC1.O=C1CCN(Sc2ccc(C(F)(F)F)cc2)C1. The Balaban J connectivity index is 0.000000432. The second kappa shape index (κ2) is 6.63. The summed E-state index contributed by atoms with van der Waals surface area (Å²) in [6.07, 6.45) is 0.723. The molecule has 0 spiro atoms. The molecule has 0 aromatic heterocycles. The summed E-state index contributed by atoms with van der Waals surface area (Å²) < 4.78 is 38.8. The molecule has 110 valence electrons. The summed E-state index contributed by atoms with van der Waals surface area (Å²) in [4.78, 5) is 11.7. The van der Waals surface area contributed by atoms with Crippen molar-refractivity contribution in [3.63, 3.8) is 0 Å². The van der Waals surface area contributed by atoms with Crippen LogP contribution < -0.4 is 0 Å². The first kappa shape index (κ1) is 15.4. The Bertz CT molecular complexity index is 454. The van der Waals surface area contributed by atoms with Crippen molar-refractivity contribution in [2.75, 3.05) is 13.1 Å². The van der Waals surface area contributed by atoms with Gasteiger partial charge in [0.1, 0.15) is 5.78 Å². The van der Waals surface area contributed by atoms with Crippen LogP contribution in [0.25, 0.3) is 0 Å². The Labute approximate surface area is 120 Å². The fourth-order valence-electron chi connectivity index (χ4n) is 1.54. The zero-order chi connectivity index (χ0) is 14.6. The molecule has 2 aliphatic rings. The summed E-state index contributed by atoms with van der Waals surface area (Å²) in [5, 5.41) is 0. The number of halogens is 3. The van der Waals surface area contributed by atoms with Crippen molar-refractivity contribution >= 4 is 17.7 Å². The molecule has 3 rings (SSSR count). The van der Waals surface area contributed by atoms with E-state index in [9.17, 15) is 18.0 Å². The predicted molar refractivity (Wildman–Crippen MR) is 72.3 cm³/mol. The molecule has 0 atom stereocenters. The lowest BCUT2D eigenvalue weighted by Crippen LogP contribution is -2.11. The van der Waals surface area contributed by atoms with Crippen LogP contribution in [0.5, 0.6) is 0 Å². The molecule has 0 N–H and O–H groups in total. The molecular weight excluding hydrogens is 287 g/mol. The van der Waals surface area contributed by atoms with Crippen molar-refractivity contribution in [3.8, 4) is 0 Å². The minimum Gasteiger partial charge on any atom is -0.298 e. The molecule has 1 saturated heterocycles. The van der Waals surface area contributed by atoms with E-state index >= 15 is 0 Å². The van der Waals surface area contributed by atoms with Gasteiger partial charge in [-0.2, -0.15) is 13.2 Å². The van der Waals surface area contributed by atoms with Gasteiger partial charge < -0.3 is 0 Å². The van der Waals surface area contributed by atoms with Crippen LogP contribution in [0.15, 0.2) is 29.2 Å². The molecule has 2 nitrogen and oxygen atoms in total. The molecule has 1 aromatic carbocycles. The average Bonchev–Trinajstić information content (AvgIpc) is 3.20. The van der Waals surface area contributed by atoms with E-state index in [2.05, 4.69) is 0 Å². The molecule has 1 aliphatic carbocycles. The first-order valence-electron chi connectivity index (χ1n) is 6.57. The number of Topliss-reactive ketones (excluding diaryl/α,β-unsaturated/α-hetero) is 1. The van der Waals surface area contributed by atoms with E-state index in [1.54, 1.807) is 0 Å². The Morgan fingerprint density at radius 1 is 1.05 bits per heavy atom. The summed E-state index contributed by atoms with van der Waals surface area (Å²) in [5.41, 5.74) is -0.653. The van der Waals surface area contributed by atoms with E-state index < -0.39 is 11.7 Å². The monoisotopic (exact) mass is 303 g/mol. The molecule has 20 heavy (non-hydrogen) atoms. The van der Waals surface area contributed by atoms with Gasteiger partial charge in [0.05, 0.1) is 12.1 Å². The van der Waals surface area contributed by atoms with E-state index in [0.717, 1.165) is 12.1 Å². The maximum absolute atomic E-state index is 12.3. The highest BCUT2D eigenvalue weighted by molar-refractivity contribution is 7.97. The number of carbonyl (C=O) groups is 1. The number of benzene rings is 1. The highest BCUT2D eigenvalue weighted by Crippen LogP contribution is 2.32. The van der Waals surface area contributed by atoms with Crippen molar-refractivity contribution < 1.29 is 18.0 Å². The third-order valence-electron chi connectivity index (χ3n) is 2.76. The topological polar surface area (TPSA) is 20.3 Å². The minimum atomic E-state index is -4.30. The molecule has 1 saturated carbocycles. The average molecular weight is 303 g/mol. The lowest BCUT2D eigenvalue weighted by Gasteiger charge is -2.13. The first-order chi connectivity index (χ1) is 9.45. The predicted octanol–water partition coefficient (Wildman–Crippen LogP) is 4.16. The summed E-state index contributed by atoms with van der Waals surface area (Å²) in [7, 11) is 0.